The van der Waals surface area contributed by atoms with Gasteiger partial charge < -0.3 is 10.0 Å². The summed E-state index contributed by atoms with van der Waals surface area (Å²) in [7, 11) is 0. The van der Waals surface area contributed by atoms with Gasteiger partial charge in [-0.25, -0.2) is 0 Å². The summed E-state index contributed by atoms with van der Waals surface area (Å²) in [6.45, 7) is 6.37. The summed E-state index contributed by atoms with van der Waals surface area (Å²) in [6, 6.07) is 0.148. The summed E-state index contributed by atoms with van der Waals surface area (Å²) in [5.74, 6) is 0.414. The molecule has 0 spiro atoms. The van der Waals surface area contributed by atoms with Crippen LogP contribution < -0.4 is 0 Å². The highest BCUT2D eigenvalue weighted by atomic mass is 16.4. The van der Waals surface area contributed by atoms with Crippen LogP contribution in [0.1, 0.15) is 33.1 Å². The molecule has 1 amide bonds. The van der Waals surface area contributed by atoms with Crippen LogP contribution in [0.5, 0.6) is 0 Å². The van der Waals surface area contributed by atoms with Gasteiger partial charge in [0.2, 0.25) is 5.91 Å². The molecule has 1 saturated carbocycles. The minimum Gasteiger partial charge on any atom is -0.480 e. The Kier molecular flexibility index (Phi) is 4.45. The third kappa shape index (κ3) is 3.93. The lowest BCUT2D eigenvalue weighted by Gasteiger charge is -2.34. The zero-order valence-electron chi connectivity index (χ0n) is 11.8. The first-order valence-electron chi connectivity index (χ1n) is 7.21. The monoisotopic (exact) mass is 268 g/mol. The molecule has 2 rings (SSSR count). The number of hydrogen-bond donors (Lipinski definition) is 1. The fourth-order valence-corrected chi connectivity index (χ4v) is 2.76. The van der Waals surface area contributed by atoms with E-state index in [9.17, 15) is 9.59 Å². The molecule has 2 aliphatic rings. The molecule has 1 aliphatic heterocycles. The Morgan fingerprint density at radius 3 is 2.63 bits per heavy atom. The molecule has 0 aromatic carbocycles. The highest BCUT2D eigenvalue weighted by molar-refractivity contribution is 5.77. The van der Waals surface area contributed by atoms with E-state index in [-0.39, 0.29) is 18.5 Å². The summed E-state index contributed by atoms with van der Waals surface area (Å²) in [4.78, 5) is 27.1. The molecule has 1 aliphatic carbocycles. The average molecular weight is 268 g/mol. The quantitative estimate of drug-likeness (QED) is 0.809. The Hall–Kier alpha value is -1.10. The molecular weight excluding hydrogens is 244 g/mol. The topological polar surface area (TPSA) is 60.9 Å². The molecule has 19 heavy (non-hydrogen) atoms. The van der Waals surface area contributed by atoms with E-state index in [4.69, 9.17) is 5.11 Å². The predicted octanol–water partition coefficient (Wildman–Crippen LogP) is 1.04. The van der Waals surface area contributed by atoms with Crippen LogP contribution in [0.25, 0.3) is 0 Å². The van der Waals surface area contributed by atoms with Crippen LogP contribution in [0.15, 0.2) is 0 Å². The minimum absolute atomic E-state index is 0.0355. The molecule has 1 N–H and O–H groups in total. The number of carbonyl (C=O) groups excluding carboxylic acids is 1. The number of aliphatic carboxylic acids is 1. The zero-order chi connectivity index (χ0) is 14.0. The van der Waals surface area contributed by atoms with Crippen LogP contribution in [0.4, 0.5) is 0 Å². The number of hydrogen-bond acceptors (Lipinski definition) is 3. The van der Waals surface area contributed by atoms with Gasteiger partial charge in [0.25, 0.3) is 0 Å². The lowest BCUT2D eigenvalue weighted by molar-refractivity contribution is -0.138. The molecule has 2 fully saturated rings. The lowest BCUT2D eigenvalue weighted by Crippen LogP contribution is -2.47. The standard InChI is InChI=1S/C14H24N2O3/c1-10(2)12-8-15(9-14(18)19)6-5-13(17)16(12)7-11-3-4-11/h10-12H,3-9H2,1-2H3,(H,18,19). The molecule has 0 aromatic rings. The molecule has 108 valence electrons. The highest BCUT2D eigenvalue weighted by Crippen LogP contribution is 2.32. The second-order valence-electron chi connectivity index (χ2n) is 6.18. The van der Waals surface area contributed by atoms with Crippen molar-refractivity contribution in [3.05, 3.63) is 0 Å². The maximum Gasteiger partial charge on any atom is 0.317 e. The molecule has 0 aromatic heterocycles. The Balaban J connectivity index is 2.07. The van der Waals surface area contributed by atoms with Crippen LogP contribution >= 0.6 is 0 Å². The molecule has 1 heterocycles. The maximum atomic E-state index is 12.3. The minimum atomic E-state index is -0.814. The summed E-state index contributed by atoms with van der Waals surface area (Å²) in [5, 5.41) is 8.93. The SMILES string of the molecule is CC(C)C1CN(CC(=O)O)CCC(=O)N1CC1CC1. The normalized spacial score (nSPS) is 25.7. The van der Waals surface area contributed by atoms with Gasteiger partial charge in [-0.1, -0.05) is 13.8 Å². The van der Waals surface area contributed by atoms with Gasteiger partial charge in [-0.15, -0.1) is 0 Å². The van der Waals surface area contributed by atoms with E-state index in [1.165, 1.54) is 12.8 Å². The molecule has 1 atom stereocenters. The van der Waals surface area contributed by atoms with Crippen molar-refractivity contribution in [2.45, 2.75) is 39.2 Å². The Bertz CT molecular complexity index is 353. The van der Waals surface area contributed by atoms with E-state index in [1.807, 2.05) is 9.80 Å². The number of amides is 1. The van der Waals surface area contributed by atoms with Crippen LogP contribution in [0, 0.1) is 11.8 Å². The van der Waals surface area contributed by atoms with Crippen LogP contribution in [-0.2, 0) is 9.59 Å². The van der Waals surface area contributed by atoms with Gasteiger partial charge in [-0.2, -0.15) is 0 Å². The number of nitrogens with zero attached hydrogens (tertiary/aromatic N) is 2. The van der Waals surface area contributed by atoms with E-state index in [0.717, 1.165) is 6.54 Å². The van der Waals surface area contributed by atoms with E-state index in [2.05, 4.69) is 13.8 Å². The fraction of sp³-hybridized carbons (Fsp3) is 0.857. The Labute approximate surface area is 114 Å². The van der Waals surface area contributed by atoms with Crippen molar-refractivity contribution in [3.8, 4) is 0 Å². The van der Waals surface area contributed by atoms with Crippen molar-refractivity contribution >= 4 is 11.9 Å². The molecule has 0 bridgehead atoms. The van der Waals surface area contributed by atoms with Crippen LogP contribution in [-0.4, -0.2) is 59.0 Å². The number of carbonyl (C=O) groups is 2. The second-order valence-corrected chi connectivity index (χ2v) is 6.18. The first-order valence-corrected chi connectivity index (χ1v) is 7.21. The maximum absolute atomic E-state index is 12.3. The van der Waals surface area contributed by atoms with E-state index < -0.39 is 5.97 Å². The van der Waals surface area contributed by atoms with Crippen molar-refractivity contribution in [2.24, 2.45) is 11.8 Å². The highest BCUT2D eigenvalue weighted by Gasteiger charge is 2.35. The number of carboxylic acid groups (broad SMARTS) is 1. The van der Waals surface area contributed by atoms with Crippen molar-refractivity contribution in [3.63, 3.8) is 0 Å². The second kappa shape index (κ2) is 5.90. The molecule has 1 unspecified atom stereocenters. The van der Waals surface area contributed by atoms with Crippen molar-refractivity contribution in [1.29, 1.82) is 0 Å². The largest absolute Gasteiger partial charge is 0.480 e. The van der Waals surface area contributed by atoms with Crippen molar-refractivity contribution in [2.75, 3.05) is 26.2 Å². The van der Waals surface area contributed by atoms with E-state index in [1.54, 1.807) is 0 Å². The van der Waals surface area contributed by atoms with Crippen LogP contribution in [0.3, 0.4) is 0 Å². The smallest absolute Gasteiger partial charge is 0.317 e. The lowest BCUT2D eigenvalue weighted by atomic mass is 10.0. The van der Waals surface area contributed by atoms with Gasteiger partial charge >= 0.3 is 5.97 Å². The van der Waals surface area contributed by atoms with Crippen LogP contribution in [0.2, 0.25) is 0 Å². The fourth-order valence-electron chi connectivity index (χ4n) is 2.76. The van der Waals surface area contributed by atoms with Crippen molar-refractivity contribution in [1.82, 2.24) is 9.80 Å². The molecule has 5 heteroatoms. The summed E-state index contributed by atoms with van der Waals surface area (Å²) >= 11 is 0. The predicted molar refractivity (Wildman–Crippen MR) is 71.8 cm³/mol. The molecule has 5 nitrogen and oxygen atoms in total. The summed E-state index contributed by atoms with van der Waals surface area (Å²) < 4.78 is 0. The van der Waals surface area contributed by atoms with Crippen molar-refractivity contribution < 1.29 is 14.7 Å². The average Bonchev–Trinajstić information content (AvgIpc) is 3.12. The molecular formula is C14H24N2O3. The van der Waals surface area contributed by atoms with Gasteiger partial charge in [0.15, 0.2) is 0 Å². The molecule has 1 saturated heterocycles. The first kappa shape index (κ1) is 14.3. The third-order valence-corrected chi connectivity index (χ3v) is 4.09. The van der Waals surface area contributed by atoms with Gasteiger partial charge in [-0.3, -0.25) is 14.5 Å². The van der Waals surface area contributed by atoms with E-state index >= 15 is 0 Å². The first-order chi connectivity index (χ1) is 8.97. The zero-order valence-corrected chi connectivity index (χ0v) is 11.8. The third-order valence-electron chi connectivity index (χ3n) is 4.09. The Morgan fingerprint density at radius 2 is 2.11 bits per heavy atom. The summed E-state index contributed by atoms with van der Waals surface area (Å²) in [6.07, 6.45) is 2.91. The van der Waals surface area contributed by atoms with Gasteiger partial charge in [0.05, 0.1) is 6.54 Å². The van der Waals surface area contributed by atoms with E-state index in [0.29, 0.717) is 31.3 Å². The van der Waals surface area contributed by atoms with Gasteiger partial charge in [0, 0.05) is 32.1 Å². The number of carboxylic acids is 1. The van der Waals surface area contributed by atoms with Gasteiger partial charge in [-0.05, 0) is 24.7 Å². The molecule has 0 radical (unpaired) electrons. The van der Waals surface area contributed by atoms with Gasteiger partial charge in [0.1, 0.15) is 0 Å². The number of rotatable bonds is 5. The summed E-state index contributed by atoms with van der Waals surface area (Å²) in [5.41, 5.74) is 0. The Morgan fingerprint density at radius 1 is 1.42 bits per heavy atom.